The lowest BCUT2D eigenvalue weighted by Crippen LogP contribution is -2.31. The molecule has 0 radical (unpaired) electrons. The van der Waals surface area contributed by atoms with E-state index >= 15 is 0 Å². The van der Waals surface area contributed by atoms with Crippen molar-refractivity contribution >= 4 is 40.9 Å². The van der Waals surface area contributed by atoms with Gasteiger partial charge in [-0.15, -0.1) is 0 Å². The number of esters is 1. The SMILES string of the molecule is COC(=O)CCN1C(=S)N[C@H](c2ccccn2)[C@H]1c1ccc(-c2cc(C(=O)O)ccc2Cl)o1. The van der Waals surface area contributed by atoms with Gasteiger partial charge in [0.1, 0.15) is 17.6 Å². The van der Waals surface area contributed by atoms with Crippen molar-refractivity contribution in [3.8, 4) is 11.3 Å². The van der Waals surface area contributed by atoms with Crippen LogP contribution in [-0.4, -0.2) is 45.7 Å². The molecular formula is C23H20ClN3O5S. The molecule has 1 aliphatic rings. The number of ether oxygens (including phenoxy) is 1. The molecule has 0 amide bonds. The van der Waals surface area contributed by atoms with Gasteiger partial charge in [0, 0.05) is 18.3 Å². The molecule has 0 unspecified atom stereocenters. The molecule has 3 heterocycles. The maximum atomic E-state index is 11.8. The molecule has 1 aromatic carbocycles. The van der Waals surface area contributed by atoms with Gasteiger partial charge in [-0.3, -0.25) is 9.78 Å². The molecule has 0 spiro atoms. The Bertz CT molecular complexity index is 1200. The molecule has 1 saturated heterocycles. The average molecular weight is 486 g/mol. The summed E-state index contributed by atoms with van der Waals surface area (Å²) in [4.78, 5) is 29.5. The van der Waals surface area contributed by atoms with Crippen molar-refractivity contribution in [1.82, 2.24) is 15.2 Å². The Morgan fingerprint density at radius 2 is 2.09 bits per heavy atom. The summed E-state index contributed by atoms with van der Waals surface area (Å²) >= 11 is 11.9. The van der Waals surface area contributed by atoms with Crippen molar-refractivity contribution in [3.05, 3.63) is 76.8 Å². The van der Waals surface area contributed by atoms with Crippen molar-refractivity contribution in [2.75, 3.05) is 13.7 Å². The number of aromatic carboxylic acids is 1. The fourth-order valence-corrected chi connectivity index (χ4v) is 4.32. The highest BCUT2D eigenvalue weighted by molar-refractivity contribution is 7.80. The van der Waals surface area contributed by atoms with E-state index < -0.39 is 12.0 Å². The van der Waals surface area contributed by atoms with Crippen LogP contribution in [0.2, 0.25) is 5.02 Å². The smallest absolute Gasteiger partial charge is 0.335 e. The van der Waals surface area contributed by atoms with Crippen LogP contribution in [0.15, 0.2) is 59.1 Å². The predicted molar refractivity (Wildman–Crippen MR) is 125 cm³/mol. The number of nitrogens with zero attached hydrogens (tertiary/aromatic N) is 2. The van der Waals surface area contributed by atoms with Crippen LogP contribution in [-0.2, 0) is 9.53 Å². The van der Waals surface area contributed by atoms with Gasteiger partial charge >= 0.3 is 11.9 Å². The number of carboxylic acid groups (broad SMARTS) is 1. The van der Waals surface area contributed by atoms with Crippen molar-refractivity contribution in [1.29, 1.82) is 0 Å². The summed E-state index contributed by atoms with van der Waals surface area (Å²) < 4.78 is 10.9. The summed E-state index contributed by atoms with van der Waals surface area (Å²) in [6.45, 7) is 0.317. The van der Waals surface area contributed by atoms with Gasteiger partial charge < -0.3 is 24.5 Å². The average Bonchev–Trinajstić information content (AvgIpc) is 3.42. The summed E-state index contributed by atoms with van der Waals surface area (Å²) in [6.07, 6.45) is 1.84. The number of carbonyl (C=O) groups excluding carboxylic acids is 1. The van der Waals surface area contributed by atoms with Crippen LogP contribution in [0.5, 0.6) is 0 Å². The maximum Gasteiger partial charge on any atom is 0.335 e. The van der Waals surface area contributed by atoms with Crippen LogP contribution in [0.3, 0.4) is 0 Å². The van der Waals surface area contributed by atoms with Gasteiger partial charge in [0.2, 0.25) is 0 Å². The molecule has 4 rings (SSSR count). The summed E-state index contributed by atoms with van der Waals surface area (Å²) in [6, 6.07) is 12.8. The van der Waals surface area contributed by atoms with E-state index in [-0.39, 0.29) is 24.0 Å². The van der Waals surface area contributed by atoms with E-state index in [1.807, 2.05) is 23.1 Å². The number of methoxy groups -OCH3 is 1. The third kappa shape index (κ3) is 4.69. The molecule has 170 valence electrons. The van der Waals surface area contributed by atoms with E-state index in [1.165, 1.54) is 25.3 Å². The summed E-state index contributed by atoms with van der Waals surface area (Å²) in [5.74, 6) is -0.428. The van der Waals surface area contributed by atoms with Crippen molar-refractivity contribution in [2.45, 2.75) is 18.5 Å². The Morgan fingerprint density at radius 3 is 2.79 bits per heavy atom. The fourth-order valence-electron chi connectivity index (χ4n) is 3.77. The predicted octanol–water partition coefficient (Wildman–Crippen LogP) is 4.23. The molecule has 0 bridgehead atoms. The van der Waals surface area contributed by atoms with E-state index in [2.05, 4.69) is 10.3 Å². The lowest BCUT2D eigenvalue weighted by atomic mass is 10.0. The van der Waals surface area contributed by atoms with Crippen LogP contribution in [0.1, 0.15) is 40.3 Å². The Kier molecular flexibility index (Phi) is 6.62. The Balaban J connectivity index is 1.72. The van der Waals surface area contributed by atoms with Gasteiger partial charge in [0.05, 0.1) is 35.9 Å². The first kappa shape index (κ1) is 22.8. The number of carboxylic acids is 1. The lowest BCUT2D eigenvalue weighted by molar-refractivity contribution is -0.140. The number of nitrogens with one attached hydrogen (secondary N) is 1. The monoisotopic (exact) mass is 485 g/mol. The Labute approximate surface area is 200 Å². The van der Waals surface area contributed by atoms with Crippen LogP contribution < -0.4 is 5.32 Å². The van der Waals surface area contributed by atoms with Crippen LogP contribution >= 0.6 is 23.8 Å². The van der Waals surface area contributed by atoms with Gasteiger partial charge in [-0.1, -0.05) is 17.7 Å². The topological polar surface area (TPSA) is 105 Å². The standard InChI is InChI=1S/C23H20ClN3O5S/c1-31-19(28)9-11-27-21(20(26-23(27)33)16-4-2-3-10-25-16)18-8-7-17(32-18)14-12-13(22(29)30)5-6-15(14)24/h2-8,10,12,20-21H,9,11H2,1H3,(H,26,33)(H,29,30)/t20-,21-/m1/s1. The Morgan fingerprint density at radius 1 is 1.27 bits per heavy atom. The highest BCUT2D eigenvalue weighted by atomic mass is 35.5. The molecule has 2 atom stereocenters. The van der Waals surface area contributed by atoms with Crippen LogP contribution in [0, 0.1) is 0 Å². The molecule has 0 aliphatic carbocycles. The second-order valence-corrected chi connectivity index (χ2v) is 8.14. The summed E-state index contributed by atoms with van der Waals surface area (Å²) in [5, 5.41) is 13.4. The summed E-state index contributed by atoms with van der Waals surface area (Å²) in [7, 11) is 1.34. The number of rotatable bonds is 7. The maximum absolute atomic E-state index is 11.8. The van der Waals surface area contributed by atoms with Crippen LogP contribution in [0.4, 0.5) is 0 Å². The molecule has 1 fully saturated rings. The zero-order chi connectivity index (χ0) is 23.5. The van der Waals surface area contributed by atoms with Crippen molar-refractivity contribution in [2.24, 2.45) is 0 Å². The Hall–Kier alpha value is -3.43. The largest absolute Gasteiger partial charge is 0.478 e. The second kappa shape index (κ2) is 9.60. The first-order valence-corrected chi connectivity index (χ1v) is 10.9. The minimum atomic E-state index is -1.06. The second-order valence-electron chi connectivity index (χ2n) is 7.35. The number of hydrogen-bond acceptors (Lipinski definition) is 6. The van der Waals surface area contributed by atoms with Gasteiger partial charge in [0.25, 0.3) is 0 Å². The molecular weight excluding hydrogens is 466 g/mol. The molecule has 3 aromatic rings. The van der Waals surface area contributed by atoms with Gasteiger partial charge in [-0.05, 0) is 54.7 Å². The highest BCUT2D eigenvalue weighted by Gasteiger charge is 2.41. The third-order valence-electron chi connectivity index (χ3n) is 5.38. The molecule has 8 nitrogen and oxygen atoms in total. The van der Waals surface area contributed by atoms with E-state index in [4.69, 9.17) is 33.0 Å². The molecule has 2 N–H and O–H groups in total. The minimum Gasteiger partial charge on any atom is -0.478 e. The quantitative estimate of drug-likeness (QED) is 0.375. The van der Waals surface area contributed by atoms with Crippen LogP contribution in [0.25, 0.3) is 11.3 Å². The third-order valence-corrected chi connectivity index (χ3v) is 6.06. The fraction of sp³-hybridized carbons (Fsp3) is 0.217. The van der Waals surface area contributed by atoms with Crippen molar-refractivity contribution < 1.29 is 23.8 Å². The van der Waals surface area contributed by atoms with E-state index in [0.717, 1.165) is 5.69 Å². The number of benzene rings is 1. The lowest BCUT2D eigenvalue weighted by Gasteiger charge is -2.25. The number of aromatic nitrogens is 1. The molecule has 0 saturated carbocycles. The molecule has 1 aliphatic heterocycles. The number of halogens is 1. The number of pyridine rings is 1. The number of carbonyl (C=O) groups is 2. The first-order valence-electron chi connectivity index (χ1n) is 10.1. The van der Waals surface area contributed by atoms with E-state index in [1.54, 1.807) is 18.3 Å². The normalized spacial score (nSPS) is 17.6. The zero-order valence-electron chi connectivity index (χ0n) is 17.5. The van der Waals surface area contributed by atoms with Gasteiger partial charge in [-0.2, -0.15) is 0 Å². The van der Waals surface area contributed by atoms with E-state index in [9.17, 15) is 14.7 Å². The van der Waals surface area contributed by atoms with Crippen molar-refractivity contribution in [3.63, 3.8) is 0 Å². The molecule has 33 heavy (non-hydrogen) atoms. The number of thiocarbonyl (C=S) groups is 1. The first-order chi connectivity index (χ1) is 15.9. The van der Waals surface area contributed by atoms with Gasteiger partial charge in [0.15, 0.2) is 5.11 Å². The van der Waals surface area contributed by atoms with E-state index in [0.29, 0.717) is 33.8 Å². The molecule has 10 heteroatoms. The highest BCUT2D eigenvalue weighted by Crippen LogP contribution is 2.41. The van der Waals surface area contributed by atoms with Gasteiger partial charge in [-0.25, -0.2) is 4.79 Å². The minimum absolute atomic E-state index is 0.0992. The summed E-state index contributed by atoms with van der Waals surface area (Å²) in [5.41, 5.74) is 1.32. The number of hydrogen-bond donors (Lipinski definition) is 2. The number of furan rings is 1. The molecule has 2 aromatic heterocycles. The zero-order valence-corrected chi connectivity index (χ0v) is 19.1.